The highest BCUT2D eigenvalue weighted by atomic mass is 16.1. The number of nitrogens with zero attached hydrogens (tertiary/aromatic N) is 1. The quantitative estimate of drug-likeness (QED) is 0.431. The van der Waals surface area contributed by atoms with Crippen LogP contribution in [0, 0.1) is 6.92 Å². The zero-order valence-electron chi connectivity index (χ0n) is 15.0. The van der Waals surface area contributed by atoms with E-state index in [9.17, 15) is 4.79 Å². The molecule has 0 bridgehead atoms. The number of hydrogen-bond acceptors (Lipinski definition) is 1. The molecule has 0 unspecified atom stereocenters. The summed E-state index contributed by atoms with van der Waals surface area (Å²) in [5.41, 5.74) is 5.42. The van der Waals surface area contributed by atoms with Gasteiger partial charge in [0.2, 0.25) is 0 Å². The van der Waals surface area contributed by atoms with Gasteiger partial charge in [-0.25, -0.2) is 0 Å². The van der Waals surface area contributed by atoms with Gasteiger partial charge < -0.3 is 4.57 Å². The molecule has 3 aromatic carbocycles. The lowest BCUT2D eigenvalue weighted by Gasteiger charge is -2.08. The van der Waals surface area contributed by atoms with Crippen LogP contribution in [-0.2, 0) is 13.0 Å². The summed E-state index contributed by atoms with van der Waals surface area (Å²) in [5, 5.41) is 3.25. The molecule has 1 aliphatic heterocycles. The SMILES string of the molecule is Cc1c(C(=O)c2cccc3ccccc23)c2cccc3c2n1CCCC3. The molecular weight excluding hydrogens is 318 g/mol. The minimum Gasteiger partial charge on any atom is -0.344 e. The van der Waals surface area contributed by atoms with Crippen molar-refractivity contribution in [3.05, 3.63) is 83.0 Å². The minimum atomic E-state index is 0.140. The standard InChI is InChI=1S/C24H21NO/c1-16-22(21-14-7-11-18-9-4-5-15-25(16)23(18)21)24(26)20-13-6-10-17-8-2-3-12-19(17)20/h2-3,6-8,10-14H,4-5,9,15H2,1H3. The summed E-state index contributed by atoms with van der Waals surface area (Å²) in [7, 11) is 0. The molecule has 4 aromatic rings. The number of benzene rings is 3. The van der Waals surface area contributed by atoms with Crippen LogP contribution < -0.4 is 0 Å². The topological polar surface area (TPSA) is 22.0 Å². The molecule has 1 aromatic heterocycles. The van der Waals surface area contributed by atoms with Crippen LogP contribution in [0.4, 0.5) is 0 Å². The molecule has 0 saturated heterocycles. The lowest BCUT2D eigenvalue weighted by molar-refractivity contribution is 0.104. The van der Waals surface area contributed by atoms with Crippen LogP contribution >= 0.6 is 0 Å². The van der Waals surface area contributed by atoms with E-state index >= 15 is 0 Å². The number of aromatic nitrogens is 1. The van der Waals surface area contributed by atoms with Crippen LogP contribution in [-0.4, -0.2) is 10.4 Å². The molecule has 0 N–H and O–H groups in total. The Labute approximate surface area is 153 Å². The number of rotatable bonds is 2. The van der Waals surface area contributed by atoms with E-state index in [2.05, 4.69) is 41.8 Å². The molecule has 2 nitrogen and oxygen atoms in total. The highest BCUT2D eigenvalue weighted by molar-refractivity contribution is 6.22. The Hall–Kier alpha value is -2.87. The monoisotopic (exact) mass is 339 g/mol. The normalized spacial score (nSPS) is 13.9. The fourth-order valence-corrected chi connectivity index (χ4v) is 4.52. The molecule has 5 rings (SSSR count). The Morgan fingerprint density at radius 2 is 1.65 bits per heavy atom. The largest absolute Gasteiger partial charge is 0.344 e. The third-order valence-electron chi connectivity index (χ3n) is 5.76. The number of hydrogen-bond donors (Lipinski definition) is 0. The molecule has 0 atom stereocenters. The van der Waals surface area contributed by atoms with Crippen molar-refractivity contribution in [3.8, 4) is 0 Å². The van der Waals surface area contributed by atoms with Gasteiger partial charge in [0.25, 0.3) is 0 Å². The fourth-order valence-electron chi connectivity index (χ4n) is 4.52. The zero-order valence-corrected chi connectivity index (χ0v) is 15.0. The summed E-state index contributed by atoms with van der Waals surface area (Å²) < 4.78 is 2.37. The maximum atomic E-state index is 13.6. The third-order valence-corrected chi connectivity index (χ3v) is 5.76. The van der Waals surface area contributed by atoms with Crippen molar-refractivity contribution in [1.29, 1.82) is 0 Å². The van der Waals surface area contributed by atoms with E-state index in [1.54, 1.807) is 0 Å². The highest BCUT2D eigenvalue weighted by Gasteiger charge is 2.24. The van der Waals surface area contributed by atoms with Crippen molar-refractivity contribution in [3.63, 3.8) is 0 Å². The van der Waals surface area contributed by atoms with Gasteiger partial charge in [-0.3, -0.25) is 4.79 Å². The van der Waals surface area contributed by atoms with Crippen LogP contribution in [0.3, 0.4) is 0 Å². The van der Waals surface area contributed by atoms with Crippen LogP contribution in [0.2, 0.25) is 0 Å². The molecule has 2 heteroatoms. The molecular formula is C24H21NO. The van der Waals surface area contributed by atoms with Crippen molar-refractivity contribution in [2.24, 2.45) is 0 Å². The van der Waals surface area contributed by atoms with E-state index in [0.29, 0.717) is 0 Å². The lowest BCUT2D eigenvalue weighted by atomic mass is 9.95. The van der Waals surface area contributed by atoms with Gasteiger partial charge in [-0.05, 0) is 42.5 Å². The van der Waals surface area contributed by atoms with E-state index in [1.165, 1.54) is 23.9 Å². The molecule has 2 heterocycles. The highest BCUT2D eigenvalue weighted by Crippen LogP contribution is 2.34. The van der Waals surface area contributed by atoms with E-state index in [4.69, 9.17) is 0 Å². The first-order valence-electron chi connectivity index (χ1n) is 9.39. The molecule has 0 radical (unpaired) electrons. The molecule has 0 amide bonds. The third kappa shape index (κ3) is 2.15. The summed E-state index contributed by atoms with van der Waals surface area (Å²) >= 11 is 0. The number of carbonyl (C=O) groups is 1. The summed E-state index contributed by atoms with van der Waals surface area (Å²) in [6.07, 6.45) is 3.48. The van der Waals surface area contributed by atoms with Gasteiger partial charge in [-0.1, -0.05) is 60.7 Å². The van der Waals surface area contributed by atoms with Gasteiger partial charge in [0.1, 0.15) is 0 Å². The summed E-state index contributed by atoms with van der Waals surface area (Å²) in [6.45, 7) is 3.11. The predicted molar refractivity (Wildman–Crippen MR) is 107 cm³/mol. The fraction of sp³-hybridized carbons (Fsp3) is 0.208. The smallest absolute Gasteiger partial charge is 0.196 e. The Balaban J connectivity index is 1.80. The first-order chi connectivity index (χ1) is 12.8. The van der Waals surface area contributed by atoms with Gasteiger partial charge in [0.05, 0.1) is 11.1 Å². The Kier molecular flexibility index (Phi) is 3.46. The first-order valence-corrected chi connectivity index (χ1v) is 9.39. The second-order valence-corrected chi connectivity index (χ2v) is 7.24. The average molecular weight is 339 g/mol. The van der Waals surface area contributed by atoms with Crippen LogP contribution in [0.25, 0.3) is 21.7 Å². The van der Waals surface area contributed by atoms with Gasteiger partial charge >= 0.3 is 0 Å². The number of para-hydroxylation sites is 1. The van der Waals surface area contributed by atoms with E-state index in [0.717, 1.165) is 45.9 Å². The Morgan fingerprint density at radius 1 is 0.885 bits per heavy atom. The lowest BCUT2D eigenvalue weighted by Crippen LogP contribution is -2.06. The van der Waals surface area contributed by atoms with Gasteiger partial charge in [0.15, 0.2) is 5.78 Å². The average Bonchev–Trinajstić information content (AvgIpc) is 2.82. The maximum absolute atomic E-state index is 13.6. The van der Waals surface area contributed by atoms with Gasteiger partial charge in [-0.2, -0.15) is 0 Å². The van der Waals surface area contributed by atoms with E-state index < -0.39 is 0 Å². The van der Waals surface area contributed by atoms with Crippen LogP contribution in [0.1, 0.15) is 40.0 Å². The predicted octanol–water partition coefficient (Wildman–Crippen LogP) is 5.67. The summed E-state index contributed by atoms with van der Waals surface area (Å²) in [4.78, 5) is 13.6. The van der Waals surface area contributed by atoms with Crippen molar-refractivity contribution in [1.82, 2.24) is 4.57 Å². The Morgan fingerprint density at radius 3 is 2.58 bits per heavy atom. The molecule has 0 spiro atoms. The molecule has 26 heavy (non-hydrogen) atoms. The molecule has 0 aliphatic carbocycles. The minimum absolute atomic E-state index is 0.140. The second kappa shape index (κ2) is 5.84. The molecule has 0 fully saturated rings. The number of fused-ring (bicyclic) bond motifs is 1. The molecule has 0 saturated carbocycles. The number of carbonyl (C=O) groups excluding carboxylic acids is 1. The molecule has 1 aliphatic rings. The zero-order chi connectivity index (χ0) is 17.7. The van der Waals surface area contributed by atoms with Crippen LogP contribution in [0.15, 0.2) is 60.7 Å². The number of ketones is 1. The van der Waals surface area contributed by atoms with Gasteiger partial charge in [-0.15, -0.1) is 0 Å². The van der Waals surface area contributed by atoms with Crippen molar-refractivity contribution >= 4 is 27.5 Å². The van der Waals surface area contributed by atoms with Crippen molar-refractivity contribution in [2.45, 2.75) is 32.7 Å². The van der Waals surface area contributed by atoms with Crippen molar-refractivity contribution < 1.29 is 4.79 Å². The summed E-state index contributed by atoms with van der Waals surface area (Å²) in [6, 6.07) is 20.6. The molecule has 128 valence electrons. The maximum Gasteiger partial charge on any atom is 0.196 e. The summed E-state index contributed by atoms with van der Waals surface area (Å²) in [5.74, 6) is 0.140. The second-order valence-electron chi connectivity index (χ2n) is 7.24. The first kappa shape index (κ1) is 15.4. The van der Waals surface area contributed by atoms with E-state index in [1.807, 2.05) is 30.3 Å². The number of aryl methyl sites for hydroxylation is 2. The Bertz CT molecular complexity index is 1160. The van der Waals surface area contributed by atoms with Crippen molar-refractivity contribution in [2.75, 3.05) is 0 Å². The van der Waals surface area contributed by atoms with E-state index in [-0.39, 0.29) is 5.78 Å². The van der Waals surface area contributed by atoms with Gasteiger partial charge in [0, 0.05) is 23.2 Å². The van der Waals surface area contributed by atoms with Crippen LogP contribution in [0.5, 0.6) is 0 Å².